The van der Waals surface area contributed by atoms with Gasteiger partial charge >= 0.3 is 0 Å². The lowest BCUT2D eigenvalue weighted by molar-refractivity contribution is -0.385. The lowest BCUT2D eigenvalue weighted by atomic mass is 10.1. The summed E-state index contributed by atoms with van der Waals surface area (Å²) in [4.78, 5) is 23.1. The molecule has 0 aliphatic heterocycles. The molecule has 3 aromatic rings. The molecule has 0 bridgehead atoms. The maximum Gasteiger partial charge on any atom is 0.278 e. The number of carbonyl (C=O) groups excluding carboxylic acids is 1. The predicted molar refractivity (Wildman–Crippen MR) is 129 cm³/mol. The Morgan fingerprint density at radius 2 is 1.82 bits per heavy atom. The first-order valence-corrected chi connectivity index (χ1v) is 11.9. The Morgan fingerprint density at radius 1 is 1.12 bits per heavy atom. The highest BCUT2D eigenvalue weighted by molar-refractivity contribution is 7.89. The van der Waals surface area contributed by atoms with Crippen molar-refractivity contribution in [3.05, 3.63) is 105 Å². The topological polar surface area (TPSA) is 122 Å². The molecule has 0 unspecified atom stereocenters. The smallest absolute Gasteiger partial charge is 0.272 e. The molecule has 9 nitrogen and oxygen atoms in total. The molecule has 34 heavy (non-hydrogen) atoms. The van der Waals surface area contributed by atoms with E-state index in [9.17, 15) is 23.3 Å². The quantitative estimate of drug-likeness (QED) is 0.271. The van der Waals surface area contributed by atoms with Crippen LogP contribution in [0.2, 0.25) is 5.02 Å². The van der Waals surface area contributed by atoms with Crippen LogP contribution in [0.4, 0.5) is 5.69 Å². The average molecular weight is 501 g/mol. The summed E-state index contributed by atoms with van der Waals surface area (Å²) >= 11 is 5.88. The minimum Gasteiger partial charge on any atom is -0.272 e. The first-order valence-electron chi connectivity index (χ1n) is 10.0. The van der Waals surface area contributed by atoms with E-state index >= 15 is 0 Å². The molecule has 1 N–H and O–H groups in total. The van der Waals surface area contributed by atoms with Gasteiger partial charge in [-0.1, -0.05) is 53.6 Å². The van der Waals surface area contributed by atoms with Crippen LogP contribution in [-0.2, 0) is 21.4 Å². The summed E-state index contributed by atoms with van der Waals surface area (Å²) in [6, 6.07) is 18.8. The third-order valence-corrected chi connectivity index (χ3v) is 6.80. The first kappa shape index (κ1) is 25.0. The van der Waals surface area contributed by atoms with Crippen molar-refractivity contribution in [2.24, 2.45) is 5.10 Å². The third kappa shape index (κ3) is 6.47. The summed E-state index contributed by atoms with van der Waals surface area (Å²) in [6.45, 7) is 1.31. The van der Waals surface area contributed by atoms with Gasteiger partial charge in [0, 0.05) is 17.6 Å². The van der Waals surface area contributed by atoms with E-state index in [0.29, 0.717) is 10.6 Å². The second kappa shape index (κ2) is 11.0. The van der Waals surface area contributed by atoms with Gasteiger partial charge < -0.3 is 0 Å². The van der Waals surface area contributed by atoms with E-state index in [0.717, 1.165) is 16.1 Å². The zero-order valence-electron chi connectivity index (χ0n) is 18.1. The Kier molecular flexibility index (Phi) is 8.11. The number of benzene rings is 3. The van der Waals surface area contributed by atoms with Gasteiger partial charge in [-0.15, -0.1) is 0 Å². The van der Waals surface area contributed by atoms with Gasteiger partial charge in [0.25, 0.3) is 11.6 Å². The van der Waals surface area contributed by atoms with Crippen molar-refractivity contribution >= 4 is 39.4 Å². The van der Waals surface area contributed by atoms with Gasteiger partial charge in [-0.2, -0.15) is 9.41 Å². The molecule has 0 aliphatic carbocycles. The molecule has 0 saturated carbocycles. The van der Waals surface area contributed by atoms with Crippen molar-refractivity contribution in [1.29, 1.82) is 0 Å². The molecule has 3 aromatic carbocycles. The number of nitro groups is 1. The lowest BCUT2D eigenvalue weighted by Crippen LogP contribution is -2.39. The van der Waals surface area contributed by atoms with E-state index < -0.39 is 27.4 Å². The SMILES string of the molecule is Cc1cccc(CN(CC(=O)N/N=C\c2ccccc2[N+](=O)[O-])S(=O)(=O)c2ccc(Cl)cc2)c1. The fourth-order valence-electron chi connectivity index (χ4n) is 3.13. The molecule has 3 rings (SSSR count). The summed E-state index contributed by atoms with van der Waals surface area (Å²) in [6.07, 6.45) is 1.13. The molecular weight excluding hydrogens is 480 g/mol. The largest absolute Gasteiger partial charge is 0.278 e. The molecule has 0 spiro atoms. The number of aryl methyl sites for hydroxylation is 1. The summed E-state index contributed by atoms with van der Waals surface area (Å²) < 4.78 is 27.6. The van der Waals surface area contributed by atoms with Crippen LogP contribution < -0.4 is 5.43 Å². The van der Waals surface area contributed by atoms with Gasteiger partial charge in [0.2, 0.25) is 10.0 Å². The van der Waals surface area contributed by atoms with Crippen LogP contribution in [0.1, 0.15) is 16.7 Å². The van der Waals surface area contributed by atoms with Crippen LogP contribution in [0, 0.1) is 17.0 Å². The average Bonchev–Trinajstić information content (AvgIpc) is 2.79. The zero-order valence-corrected chi connectivity index (χ0v) is 19.7. The van der Waals surface area contributed by atoms with Gasteiger partial charge in [0.05, 0.1) is 28.1 Å². The number of amides is 1. The second-order valence-electron chi connectivity index (χ2n) is 7.33. The molecule has 11 heteroatoms. The van der Waals surface area contributed by atoms with E-state index in [-0.39, 0.29) is 22.7 Å². The first-order chi connectivity index (χ1) is 16.2. The number of hydrazone groups is 1. The minimum absolute atomic E-state index is 0.0132. The van der Waals surface area contributed by atoms with Crippen LogP contribution in [-0.4, -0.2) is 36.3 Å². The van der Waals surface area contributed by atoms with Crippen molar-refractivity contribution < 1.29 is 18.1 Å². The Labute approximate surface area is 201 Å². The van der Waals surface area contributed by atoms with Crippen LogP contribution >= 0.6 is 11.6 Å². The molecule has 0 heterocycles. The van der Waals surface area contributed by atoms with Gasteiger partial charge in [-0.3, -0.25) is 14.9 Å². The van der Waals surface area contributed by atoms with E-state index in [1.807, 2.05) is 19.1 Å². The number of hydrogen-bond donors (Lipinski definition) is 1. The molecule has 1 amide bonds. The summed E-state index contributed by atoms with van der Waals surface area (Å²) in [5, 5.41) is 15.2. The van der Waals surface area contributed by atoms with Crippen LogP contribution in [0.3, 0.4) is 0 Å². The Hall–Kier alpha value is -3.60. The monoisotopic (exact) mass is 500 g/mol. The number of nitrogens with one attached hydrogen (secondary N) is 1. The van der Waals surface area contributed by atoms with Gasteiger partial charge in [0.15, 0.2) is 0 Å². The lowest BCUT2D eigenvalue weighted by Gasteiger charge is -2.21. The Bertz CT molecular complexity index is 1330. The fraction of sp³-hybridized carbons (Fsp3) is 0.130. The molecule has 0 aliphatic rings. The highest BCUT2D eigenvalue weighted by atomic mass is 35.5. The van der Waals surface area contributed by atoms with Crippen molar-refractivity contribution in [2.45, 2.75) is 18.4 Å². The van der Waals surface area contributed by atoms with Crippen LogP contribution in [0.5, 0.6) is 0 Å². The van der Waals surface area contributed by atoms with E-state index in [4.69, 9.17) is 11.6 Å². The van der Waals surface area contributed by atoms with Crippen LogP contribution in [0.25, 0.3) is 0 Å². The fourth-order valence-corrected chi connectivity index (χ4v) is 4.64. The number of halogens is 1. The number of hydrogen-bond acceptors (Lipinski definition) is 6. The van der Waals surface area contributed by atoms with Crippen molar-refractivity contribution in [2.75, 3.05) is 6.54 Å². The van der Waals surface area contributed by atoms with E-state index in [1.54, 1.807) is 18.2 Å². The highest BCUT2D eigenvalue weighted by Gasteiger charge is 2.27. The molecule has 0 aromatic heterocycles. The Morgan fingerprint density at radius 3 is 2.50 bits per heavy atom. The minimum atomic E-state index is -4.05. The van der Waals surface area contributed by atoms with Crippen molar-refractivity contribution in [1.82, 2.24) is 9.73 Å². The van der Waals surface area contributed by atoms with Crippen molar-refractivity contribution in [3.63, 3.8) is 0 Å². The summed E-state index contributed by atoms with van der Waals surface area (Å²) in [5.41, 5.74) is 3.90. The van der Waals surface area contributed by atoms with E-state index in [1.165, 1.54) is 42.5 Å². The molecule has 0 atom stereocenters. The molecule has 0 radical (unpaired) electrons. The normalized spacial score (nSPS) is 11.6. The number of rotatable bonds is 9. The Balaban J connectivity index is 1.81. The van der Waals surface area contributed by atoms with Crippen molar-refractivity contribution in [3.8, 4) is 0 Å². The standard InChI is InChI=1S/C23H21ClN4O5S/c1-17-5-4-6-18(13-17)15-27(34(32,33)21-11-9-20(24)10-12-21)16-23(29)26-25-14-19-7-2-3-8-22(19)28(30)31/h2-14H,15-16H2,1H3,(H,26,29)/b25-14-. The molecule has 176 valence electrons. The van der Waals surface area contributed by atoms with Gasteiger partial charge in [-0.05, 0) is 42.8 Å². The zero-order chi connectivity index (χ0) is 24.7. The third-order valence-electron chi connectivity index (χ3n) is 4.74. The summed E-state index contributed by atoms with van der Waals surface area (Å²) in [5.74, 6) is -0.708. The molecule has 0 saturated heterocycles. The number of nitrogens with zero attached hydrogens (tertiary/aromatic N) is 3. The number of carbonyl (C=O) groups is 1. The van der Waals surface area contributed by atoms with E-state index in [2.05, 4.69) is 10.5 Å². The number of nitro benzene ring substituents is 1. The number of sulfonamides is 1. The molecule has 0 fully saturated rings. The maximum absolute atomic E-state index is 13.3. The highest BCUT2D eigenvalue weighted by Crippen LogP contribution is 2.21. The molecular formula is C23H21ClN4O5S. The van der Waals surface area contributed by atoms with Gasteiger partial charge in [0.1, 0.15) is 0 Å². The summed E-state index contributed by atoms with van der Waals surface area (Å²) in [7, 11) is -4.05. The second-order valence-corrected chi connectivity index (χ2v) is 9.70. The van der Waals surface area contributed by atoms with Crippen LogP contribution in [0.15, 0.2) is 82.8 Å². The number of para-hydroxylation sites is 1. The maximum atomic E-state index is 13.3. The van der Waals surface area contributed by atoms with Gasteiger partial charge in [-0.25, -0.2) is 13.8 Å². The predicted octanol–water partition coefficient (Wildman–Crippen LogP) is 3.90.